The molecule has 1 aromatic heterocycles. The van der Waals surface area contributed by atoms with Crippen LogP contribution in [0.25, 0.3) is 11.4 Å². The molecule has 140 valence electrons. The lowest BCUT2D eigenvalue weighted by Crippen LogP contribution is -2.46. The molecule has 0 amide bonds. The van der Waals surface area contributed by atoms with Crippen LogP contribution in [0.15, 0.2) is 24.3 Å². The Morgan fingerprint density at radius 1 is 1.08 bits per heavy atom. The third-order valence-electron chi connectivity index (χ3n) is 5.72. The topological polar surface area (TPSA) is 32.3 Å². The van der Waals surface area contributed by atoms with E-state index < -0.39 is 0 Å². The lowest BCUT2D eigenvalue weighted by atomic mass is 9.87. The molecule has 0 radical (unpaired) electrons. The van der Waals surface area contributed by atoms with Gasteiger partial charge in [-0.05, 0) is 31.0 Å². The molecule has 1 saturated heterocycles. The van der Waals surface area contributed by atoms with Gasteiger partial charge >= 0.3 is 0 Å². The highest BCUT2D eigenvalue weighted by molar-refractivity contribution is 7.09. The fourth-order valence-electron chi connectivity index (χ4n) is 4.09. The van der Waals surface area contributed by atoms with Gasteiger partial charge in [0, 0.05) is 43.3 Å². The molecule has 1 aliphatic heterocycles. The van der Waals surface area contributed by atoms with Crippen molar-refractivity contribution in [2.45, 2.75) is 38.5 Å². The second kappa shape index (κ2) is 8.44. The summed E-state index contributed by atoms with van der Waals surface area (Å²) in [4.78, 5) is 9.55. The molecule has 2 fully saturated rings. The van der Waals surface area contributed by atoms with Crippen molar-refractivity contribution in [1.82, 2.24) is 14.3 Å². The van der Waals surface area contributed by atoms with E-state index in [0.717, 1.165) is 42.8 Å². The molecule has 1 aromatic carbocycles. The van der Waals surface area contributed by atoms with Crippen molar-refractivity contribution in [2.75, 3.05) is 37.6 Å². The zero-order chi connectivity index (χ0) is 17.8. The van der Waals surface area contributed by atoms with Gasteiger partial charge in [-0.25, -0.2) is 4.39 Å². The highest BCUT2D eigenvalue weighted by Crippen LogP contribution is 2.27. The van der Waals surface area contributed by atoms with Crippen molar-refractivity contribution >= 4 is 16.7 Å². The number of anilines is 1. The van der Waals surface area contributed by atoms with Crippen LogP contribution in [0.2, 0.25) is 0 Å². The molecule has 1 saturated carbocycles. The minimum atomic E-state index is -0.245. The Labute approximate surface area is 159 Å². The van der Waals surface area contributed by atoms with Crippen LogP contribution in [0.5, 0.6) is 0 Å². The summed E-state index contributed by atoms with van der Waals surface area (Å²) in [5, 5.41) is 0.955. The average Bonchev–Trinajstić information content (AvgIpc) is 3.18. The van der Waals surface area contributed by atoms with Crippen molar-refractivity contribution in [3.63, 3.8) is 0 Å². The minimum Gasteiger partial charge on any atom is -0.344 e. The quantitative estimate of drug-likeness (QED) is 0.775. The second-order valence-corrected chi connectivity index (χ2v) is 8.26. The summed E-state index contributed by atoms with van der Waals surface area (Å²) >= 11 is 1.42. The Kier molecular flexibility index (Phi) is 5.80. The molecule has 4 nitrogen and oxygen atoms in total. The summed E-state index contributed by atoms with van der Waals surface area (Å²) in [6.45, 7) is 5.44. The van der Waals surface area contributed by atoms with Gasteiger partial charge in [-0.1, -0.05) is 44.2 Å². The Morgan fingerprint density at radius 2 is 1.88 bits per heavy atom. The van der Waals surface area contributed by atoms with Gasteiger partial charge in [-0.2, -0.15) is 9.36 Å². The molecule has 0 spiro atoms. The lowest BCUT2D eigenvalue weighted by molar-refractivity contribution is 0.221. The van der Waals surface area contributed by atoms with E-state index in [-0.39, 0.29) is 5.82 Å². The van der Waals surface area contributed by atoms with E-state index in [1.807, 2.05) is 6.07 Å². The summed E-state index contributed by atoms with van der Waals surface area (Å²) < 4.78 is 17.8. The van der Waals surface area contributed by atoms with E-state index in [9.17, 15) is 4.39 Å². The van der Waals surface area contributed by atoms with E-state index >= 15 is 0 Å². The molecule has 2 aliphatic rings. The fraction of sp³-hybridized carbons (Fsp3) is 0.600. The number of hydrogen-bond donors (Lipinski definition) is 0. The van der Waals surface area contributed by atoms with Crippen LogP contribution in [0.3, 0.4) is 0 Å². The first-order valence-electron chi connectivity index (χ1n) is 9.85. The SMILES string of the molecule is Fc1cccc(-c2nsc(N3CCN(CCC4CCCCC4)CC3)n2)c1. The van der Waals surface area contributed by atoms with Crippen LogP contribution in [0, 0.1) is 11.7 Å². The number of rotatable bonds is 5. The molecule has 6 heteroatoms. The largest absolute Gasteiger partial charge is 0.344 e. The maximum absolute atomic E-state index is 13.4. The molecule has 0 unspecified atom stereocenters. The number of benzene rings is 1. The maximum Gasteiger partial charge on any atom is 0.205 e. The first-order valence-corrected chi connectivity index (χ1v) is 10.6. The minimum absolute atomic E-state index is 0.245. The Balaban J connectivity index is 1.28. The standard InChI is InChI=1S/C20H27FN4S/c21-18-8-4-7-17(15-18)19-22-20(26-23-19)25-13-11-24(12-14-25)10-9-16-5-2-1-3-6-16/h4,7-8,15-16H,1-3,5-6,9-14H2. The van der Waals surface area contributed by atoms with Gasteiger partial charge in [0.05, 0.1) is 0 Å². The smallest absolute Gasteiger partial charge is 0.205 e. The third-order valence-corrected chi connectivity index (χ3v) is 6.50. The lowest BCUT2D eigenvalue weighted by Gasteiger charge is -2.35. The van der Waals surface area contributed by atoms with E-state index in [1.165, 1.54) is 68.7 Å². The molecule has 4 rings (SSSR count). The van der Waals surface area contributed by atoms with Crippen molar-refractivity contribution in [1.29, 1.82) is 0 Å². The fourth-order valence-corrected chi connectivity index (χ4v) is 4.83. The molecular weight excluding hydrogens is 347 g/mol. The zero-order valence-electron chi connectivity index (χ0n) is 15.2. The summed E-state index contributed by atoms with van der Waals surface area (Å²) in [6.07, 6.45) is 8.55. The summed E-state index contributed by atoms with van der Waals surface area (Å²) in [5.41, 5.74) is 0.749. The van der Waals surface area contributed by atoms with Gasteiger partial charge in [-0.3, -0.25) is 4.90 Å². The Hall–Kier alpha value is -1.53. The zero-order valence-corrected chi connectivity index (χ0v) is 16.1. The van der Waals surface area contributed by atoms with Crippen LogP contribution >= 0.6 is 11.5 Å². The predicted molar refractivity (Wildman–Crippen MR) is 105 cm³/mol. The van der Waals surface area contributed by atoms with Gasteiger partial charge in [0.2, 0.25) is 5.13 Å². The van der Waals surface area contributed by atoms with Gasteiger partial charge in [-0.15, -0.1) is 0 Å². The monoisotopic (exact) mass is 374 g/mol. The van der Waals surface area contributed by atoms with Crippen LogP contribution in [0.1, 0.15) is 38.5 Å². The second-order valence-electron chi connectivity index (χ2n) is 7.53. The summed E-state index contributed by atoms with van der Waals surface area (Å²) in [6, 6.07) is 6.51. The third kappa shape index (κ3) is 4.41. The molecule has 0 bridgehead atoms. The maximum atomic E-state index is 13.4. The summed E-state index contributed by atoms with van der Waals surface area (Å²) in [5.74, 6) is 1.34. The molecule has 0 atom stereocenters. The predicted octanol–water partition coefficient (Wildman–Crippen LogP) is 4.44. The Bertz CT molecular complexity index is 705. The molecule has 0 N–H and O–H groups in total. The number of hydrogen-bond acceptors (Lipinski definition) is 5. The van der Waals surface area contributed by atoms with E-state index in [2.05, 4.69) is 19.2 Å². The molecule has 1 aliphatic carbocycles. The number of piperazine rings is 1. The van der Waals surface area contributed by atoms with E-state index in [4.69, 9.17) is 0 Å². The van der Waals surface area contributed by atoms with Gasteiger partial charge < -0.3 is 4.90 Å². The summed E-state index contributed by atoms with van der Waals surface area (Å²) in [7, 11) is 0. The first-order chi connectivity index (χ1) is 12.8. The molecule has 26 heavy (non-hydrogen) atoms. The van der Waals surface area contributed by atoms with Gasteiger partial charge in [0.25, 0.3) is 0 Å². The van der Waals surface area contributed by atoms with Gasteiger partial charge in [0.15, 0.2) is 5.82 Å². The molecule has 2 aromatic rings. The molecule has 2 heterocycles. The van der Waals surface area contributed by atoms with Crippen LogP contribution in [-0.2, 0) is 0 Å². The number of halogens is 1. The number of nitrogens with zero attached hydrogens (tertiary/aromatic N) is 4. The normalized spacial score (nSPS) is 19.8. The van der Waals surface area contributed by atoms with Crippen molar-refractivity contribution < 1.29 is 4.39 Å². The van der Waals surface area contributed by atoms with E-state index in [1.54, 1.807) is 6.07 Å². The van der Waals surface area contributed by atoms with Crippen LogP contribution < -0.4 is 4.90 Å². The van der Waals surface area contributed by atoms with Crippen molar-refractivity contribution in [3.8, 4) is 11.4 Å². The molecular formula is C20H27FN4S. The Morgan fingerprint density at radius 3 is 2.65 bits per heavy atom. The first kappa shape index (κ1) is 17.9. The highest BCUT2D eigenvalue weighted by atomic mass is 32.1. The average molecular weight is 375 g/mol. The highest BCUT2D eigenvalue weighted by Gasteiger charge is 2.21. The van der Waals surface area contributed by atoms with Crippen LogP contribution in [-0.4, -0.2) is 47.0 Å². The van der Waals surface area contributed by atoms with Gasteiger partial charge in [0.1, 0.15) is 5.82 Å². The van der Waals surface area contributed by atoms with Crippen molar-refractivity contribution in [3.05, 3.63) is 30.1 Å². The number of aromatic nitrogens is 2. The van der Waals surface area contributed by atoms with E-state index in [0.29, 0.717) is 5.82 Å². The van der Waals surface area contributed by atoms with Crippen LogP contribution in [0.4, 0.5) is 9.52 Å². The van der Waals surface area contributed by atoms with Crippen molar-refractivity contribution in [2.24, 2.45) is 5.92 Å².